The minimum Gasteiger partial charge on any atom is -0.493 e. The highest BCUT2D eigenvalue weighted by Crippen LogP contribution is 2.28. The lowest BCUT2D eigenvalue weighted by atomic mass is 10.1. The van der Waals surface area contributed by atoms with Crippen molar-refractivity contribution in [2.24, 2.45) is 0 Å². The number of esters is 1. The molecule has 0 heterocycles. The molecule has 0 saturated heterocycles. The smallest absolute Gasteiger partial charge is 0.315 e. The quantitative estimate of drug-likeness (QED) is 0.569. The highest BCUT2D eigenvalue weighted by molar-refractivity contribution is 5.76. The Morgan fingerprint density at radius 1 is 1.08 bits per heavy atom. The standard InChI is InChI=1S/C20H21NO3/c1-3-4-5-15-6-8-16(9-7-15)13-20(22)24-18-11-10-17(14-21)12-19(18)23-2/h6-12H,3-5,13H2,1-2H3. The van der Waals surface area contributed by atoms with E-state index in [2.05, 4.69) is 19.1 Å². The Kier molecular flexibility index (Phi) is 6.39. The van der Waals surface area contributed by atoms with Gasteiger partial charge in [-0.1, -0.05) is 37.6 Å². The first-order chi connectivity index (χ1) is 11.7. The van der Waals surface area contributed by atoms with Crippen molar-refractivity contribution >= 4 is 5.97 Å². The van der Waals surface area contributed by atoms with E-state index >= 15 is 0 Å². The number of carbonyl (C=O) groups excluding carboxylic acids is 1. The van der Waals surface area contributed by atoms with Crippen molar-refractivity contribution in [3.05, 3.63) is 59.2 Å². The average Bonchev–Trinajstić information content (AvgIpc) is 2.61. The zero-order valence-corrected chi connectivity index (χ0v) is 14.0. The first-order valence-electron chi connectivity index (χ1n) is 8.03. The molecule has 0 radical (unpaired) electrons. The molecule has 0 atom stereocenters. The molecule has 2 rings (SSSR count). The van der Waals surface area contributed by atoms with Gasteiger partial charge < -0.3 is 9.47 Å². The molecule has 4 heteroatoms. The van der Waals surface area contributed by atoms with Crippen LogP contribution in [0.4, 0.5) is 0 Å². The Hall–Kier alpha value is -2.80. The van der Waals surface area contributed by atoms with Gasteiger partial charge in [0.05, 0.1) is 25.2 Å². The fraction of sp³-hybridized carbons (Fsp3) is 0.300. The van der Waals surface area contributed by atoms with E-state index in [9.17, 15) is 4.79 Å². The van der Waals surface area contributed by atoms with Crippen LogP contribution in [0.3, 0.4) is 0 Å². The van der Waals surface area contributed by atoms with Gasteiger partial charge in [-0.05, 0) is 36.1 Å². The molecule has 2 aromatic rings. The van der Waals surface area contributed by atoms with Gasteiger partial charge in [-0.15, -0.1) is 0 Å². The predicted molar refractivity (Wildman–Crippen MR) is 92.1 cm³/mol. The number of hydrogen-bond donors (Lipinski definition) is 0. The Morgan fingerprint density at radius 3 is 2.42 bits per heavy atom. The third-order valence-electron chi connectivity index (χ3n) is 3.71. The van der Waals surface area contributed by atoms with E-state index in [1.165, 1.54) is 25.5 Å². The molecule has 0 unspecified atom stereocenters. The number of carbonyl (C=O) groups is 1. The molecular weight excluding hydrogens is 302 g/mol. The zero-order valence-electron chi connectivity index (χ0n) is 14.0. The minimum atomic E-state index is -0.362. The number of nitriles is 1. The number of hydrogen-bond acceptors (Lipinski definition) is 4. The monoisotopic (exact) mass is 323 g/mol. The van der Waals surface area contributed by atoms with Gasteiger partial charge in [-0.25, -0.2) is 0 Å². The maximum absolute atomic E-state index is 12.1. The first kappa shape index (κ1) is 17.6. The predicted octanol–water partition coefficient (Wildman–Crippen LogP) is 4.06. The molecule has 0 fully saturated rings. The summed E-state index contributed by atoms with van der Waals surface area (Å²) in [5.74, 6) is 0.331. The van der Waals surface area contributed by atoms with Crippen LogP contribution in [0.2, 0.25) is 0 Å². The molecule has 0 spiro atoms. The molecule has 124 valence electrons. The Bertz CT molecular complexity index is 730. The SMILES string of the molecule is CCCCc1ccc(CC(=O)Oc2ccc(C#N)cc2OC)cc1. The molecule has 0 amide bonds. The lowest BCUT2D eigenvalue weighted by Gasteiger charge is -2.09. The Labute approximate surface area is 142 Å². The molecule has 0 aliphatic heterocycles. The summed E-state index contributed by atoms with van der Waals surface area (Å²) >= 11 is 0. The second-order valence-electron chi connectivity index (χ2n) is 5.55. The summed E-state index contributed by atoms with van der Waals surface area (Å²) in [6, 6.07) is 14.8. The lowest BCUT2D eigenvalue weighted by molar-refractivity contribution is -0.133. The topological polar surface area (TPSA) is 59.3 Å². The van der Waals surface area contributed by atoms with E-state index in [0.29, 0.717) is 17.1 Å². The zero-order chi connectivity index (χ0) is 17.4. The number of ether oxygens (including phenoxy) is 2. The summed E-state index contributed by atoms with van der Waals surface area (Å²) in [5, 5.41) is 8.89. The van der Waals surface area contributed by atoms with Gasteiger partial charge in [0.2, 0.25) is 0 Å². The van der Waals surface area contributed by atoms with Gasteiger partial charge in [-0.3, -0.25) is 4.79 Å². The molecule has 0 saturated carbocycles. The van der Waals surface area contributed by atoms with Crippen molar-refractivity contribution in [3.63, 3.8) is 0 Å². The minimum absolute atomic E-state index is 0.192. The summed E-state index contributed by atoms with van der Waals surface area (Å²) in [7, 11) is 1.48. The number of rotatable bonds is 7. The molecule has 0 aromatic heterocycles. The van der Waals surface area contributed by atoms with E-state index in [-0.39, 0.29) is 12.4 Å². The molecule has 4 nitrogen and oxygen atoms in total. The molecule has 2 aromatic carbocycles. The van der Waals surface area contributed by atoms with Crippen molar-refractivity contribution in [1.29, 1.82) is 5.26 Å². The average molecular weight is 323 g/mol. The van der Waals surface area contributed by atoms with Gasteiger partial charge in [0.15, 0.2) is 11.5 Å². The van der Waals surface area contributed by atoms with Crippen molar-refractivity contribution in [2.75, 3.05) is 7.11 Å². The van der Waals surface area contributed by atoms with Crippen molar-refractivity contribution in [1.82, 2.24) is 0 Å². The molecule has 24 heavy (non-hydrogen) atoms. The molecule has 0 bridgehead atoms. The van der Waals surface area contributed by atoms with Gasteiger partial charge >= 0.3 is 5.97 Å². The van der Waals surface area contributed by atoms with Gasteiger partial charge in [0, 0.05) is 6.07 Å². The number of aryl methyl sites for hydroxylation is 1. The van der Waals surface area contributed by atoms with Crippen LogP contribution in [-0.4, -0.2) is 13.1 Å². The Morgan fingerprint density at radius 2 is 1.79 bits per heavy atom. The summed E-state index contributed by atoms with van der Waals surface area (Å²) in [4.78, 5) is 12.1. The van der Waals surface area contributed by atoms with Crippen molar-refractivity contribution < 1.29 is 14.3 Å². The van der Waals surface area contributed by atoms with Crippen molar-refractivity contribution in [3.8, 4) is 17.6 Å². The summed E-state index contributed by atoms with van der Waals surface area (Å²) in [6.07, 6.45) is 3.58. The fourth-order valence-corrected chi connectivity index (χ4v) is 2.35. The first-order valence-corrected chi connectivity index (χ1v) is 8.03. The molecule has 0 aliphatic rings. The highest BCUT2D eigenvalue weighted by Gasteiger charge is 2.11. The van der Waals surface area contributed by atoms with E-state index in [1.807, 2.05) is 18.2 Å². The van der Waals surface area contributed by atoms with Crippen LogP contribution in [0, 0.1) is 11.3 Å². The van der Waals surface area contributed by atoms with Crippen LogP contribution in [0.15, 0.2) is 42.5 Å². The maximum Gasteiger partial charge on any atom is 0.315 e. The van der Waals surface area contributed by atoms with Crippen LogP contribution < -0.4 is 9.47 Å². The van der Waals surface area contributed by atoms with Crippen LogP contribution in [0.25, 0.3) is 0 Å². The van der Waals surface area contributed by atoms with E-state index < -0.39 is 0 Å². The summed E-state index contributed by atoms with van der Waals surface area (Å²) in [5.41, 5.74) is 2.64. The summed E-state index contributed by atoms with van der Waals surface area (Å²) in [6.45, 7) is 2.17. The van der Waals surface area contributed by atoms with Crippen LogP contribution in [0.1, 0.15) is 36.5 Å². The third-order valence-corrected chi connectivity index (χ3v) is 3.71. The largest absolute Gasteiger partial charge is 0.493 e. The van der Waals surface area contributed by atoms with Crippen LogP contribution in [0.5, 0.6) is 11.5 Å². The highest BCUT2D eigenvalue weighted by atomic mass is 16.6. The van der Waals surface area contributed by atoms with E-state index in [1.54, 1.807) is 18.2 Å². The molecule has 0 N–H and O–H groups in total. The Balaban J connectivity index is 1.99. The number of unbranched alkanes of at least 4 members (excludes halogenated alkanes) is 1. The second-order valence-corrected chi connectivity index (χ2v) is 5.55. The second kappa shape index (κ2) is 8.73. The third kappa shape index (κ3) is 4.85. The fourth-order valence-electron chi connectivity index (χ4n) is 2.35. The maximum atomic E-state index is 12.1. The number of benzene rings is 2. The molecule has 0 aliphatic carbocycles. The van der Waals surface area contributed by atoms with Crippen molar-refractivity contribution in [2.45, 2.75) is 32.6 Å². The lowest BCUT2D eigenvalue weighted by Crippen LogP contribution is -2.12. The van der Waals surface area contributed by atoms with Gasteiger partial charge in [0.25, 0.3) is 0 Å². The normalized spacial score (nSPS) is 10.0. The van der Waals surface area contributed by atoms with Gasteiger partial charge in [-0.2, -0.15) is 5.26 Å². The number of nitrogens with zero attached hydrogens (tertiary/aromatic N) is 1. The van der Waals surface area contributed by atoms with Crippen LogP contribution in [-0.2, 0) is 17.6 Å². The van der Waals surface area contributed by atoms with E-state index in [0.717, 1.165) is 12.0 Å². The number of methoxy groups -OCH3 is 1. The van der Waals surface area contributed by atoms with Crippen LogP contribution >= 0.6 is 0 Å². The molecular formula is C20H21NO3. The van der Waals surface area contributed by atoms with Gasteiger partial charge in [0.1, 0.15) is 0 Å². The van der Waals surface area contributed by atoms with E-state index in [4.69, 9.17) is 14.7 Å². The summed E-state index contributed by atoms with van der Waals surface area (Å²) < 4.78 is 10.5.